The number of nitrogens with zero attached hydrogens (tertiary/aromatic N) is 2. The van der Waals surface area contributed by atoms with Crippen molar-refractivity contribution in [3.63, 3.8) is 0 Å². The van der Waals surface area contributed by atoms with Crippen LogP contribution in [0.2, 0.25) is 0 Å². The van der Waals surface area contributed by atoms with Crippen LogP contribution in [0.15, 0.2) is 42.5 Å². The molecule has 5 heteroatoms. The number of anilines is 1. The van der Waals surface area contributed by atoms with Gasteiger partial charge in [-0.1, -0.05) is 35.9 Å². The second kappa shape index (κ2) is 7.66. The average molecular weight is 377 g/mol. The van der Waals surface area contributed by atoms with Crippen LogP contribution in [0.1, 0.15) is 45.8 Å². The number of urea groups is 1. The minimum absolute atomic E-state index is 0.0539. The summed E-state index contributed by atoms with van der Waals surface area (Å²) >= 11 is 0. The van der Waals surface area contributed by atoms with Crippen LogP contribution in [0.5, 0.6) is 0 Å². The zero-order valence-electron chi connectivity index (χ0n) is 16.6. The second-order valence-electron chi connectivity index (χ2n) is 7.89. The highest BCUT2D eigenvalue weighted by Gasteiger charge is 2.27. The molecule has 2 saturated heterocycles. The maximum atomic E-state index is 13.2. The number of hydrogen-bond donors (Lipinski definition) is 1. The van der Waals surface area contributed by atoms with Gasteiger partial charge in [-0.2, -0.15) is 0 Å². The third kappa shape index (κ3) is 3.61. The first-order chi connectivity index (χ1) is 13.5. The molecule has 5 nitrogen and oxygen atoms in total. The number of rotatable bonds is 3. The van der Waals surface area contributed by atoms with E-state index in [1.54, 1.807) is 4.90 Å². The molecule has 2 heterocycles. The summed E-state index contributed by atoms with van der Waals surface area (Å²) in [5.74, 6) is 0.435. The highest BCUT2D eigenvalue weighted by molar-refractivity contribution is 5.99. The van der Waals surface area contributed by atoms with Crippen LogP contribution in [0.4, 0.5) is 10.5 Å². The Labute approximate surface area is 166 Å². The van der Waals surface area contributed by atoms with Gasteiger partial charge in [0.1, 0.15) is 0 Å². The van der Waals surface area contributed by atoms with Crippen LogP contribution in [0.3, 0.4) is 0 Å². The average Bonchev–Trinajstić information content (AvgIpc) is 3.13. The Morgan fingerprint density at radius 2 is 1.96 bits per heavy atom. The SMILES string of the molecule is Cc1cccc([C@H]2CCCN(C(=O)c3ccc(C)c(N4CCNC4=O)c3)C2)c1. The van der Waals surface area contributed by atoms with Crippen molar-refractivity contribution in [2.75, 3.05) is 31.1 Å². The highest BCUT2D eigenvalue weighted by Crippen LogP contribution is 2.29. The molecule has 2 aliphatic heterocycles. The van der Waals surface area contributed by atoms with E-state index >= 15 is 0 Å². The van der Waals surface area contributed by atoms with Gasteiger partial charge in [-0.05, 0) is 49.9 Å². The highest BCUT2D eigenvalue weighted by atomic mass is 16.2. The largest absolute Gasteiger partial charge is 0.338 e. The number of aryl methyl sites for hydroxylation is 2. The molecule has 28 heavy (non-hydrogen) atoms. The molecular formula is C23H27N3O2. The number of amides is 3. The second-order valence-corrected chi connectivity index (χ2v) is 7.89. The maximum Gasteiger partial charge on any atom is 0.322 e. The van der Waals surface area contributed by atoms with Gasteiger partial charge in [0, 0.05) is 43.3 Å². The van der Waals surface area contributed by atoms with Crippen LogP contribution in [0, 0.1) is 13.8 Å². The van der Waals surface area contributed by atoms with Gasteiger partial charge in [-0.3, -0.25) is 9.69 Å². The van der Waals surface area contributed by atoms with Crippen molar-refractivity contribution in [2.24, 2.45) is 0 Å². The molecule has 2 aromatic rings. The quantitative estimate of drug-likeness (QED) is 0.883. The fraction of sp³-hybridized carbons (Fsp3) is 0.391. The molecule has 0 unspecified atom stereocenters. The van der Waals surface area contributed by atoms with Crippen molar-refractivity contribution < 1.29 is 9.59 Å². The number of nitrogens with one attached hydrogen (secondary N) is 1. The first-order valence-electron chi connectivity index (χ1n) is 10.0. The lowest BCUT2D eigenvalue weighted by molar-refractivity contribution is 0.0707. The smallest absolute Gasteiger partial charge is 0.322 e. The molecule has 0 radical (unpaired) electrons. The van der Waals surface area contributed by atoms with E-state index in [-0.39, 0.29) is 11.9 Å². The lowest BCUT2D eigenvalue weighted by atomic mass is 9.89. The topological polar surface area (TPSA) is 52.7 Å². The number of benzene rings is 2. The van der Waals surface area contributed by atoms with Gasteiger partial charge in [-0.15, -0.1) is 0 Å². The van der Waals surface area contributed by atoms with Crippen molar-refractivity contribution in [1.29, 1.82) is 0 Å². The van der Waals surface area contributed by atoms with Gasteiger partial charge in [0.15, 0.2) is 0 Å². The van der Waals surface area contributed by atoms with Gasteiger partial charge < -0.3 is 10.2 Å². The van der Waals surface area contributed by atoms with E-state index in [2.05, 4.69) is 36.5 Å². The summed E-state index contributed by atoms with van der Waals surface area (Å²) in [6.45, 7) is 6.89. The van der Waals surface area contributed by atoms with E-state index < -0.39 is 0 Å². The van der Waals surface area contributed by atoms with Crippen molar-refractivity contribution >= 4 is 17.6 Å². The van der Waals surface area contributed by atoms with Gasteiger partial charge in [0.2, 0.25) is 0 Å². The Kier molecular flexibility index (Phi) is 5.07. The molecule has 3 amide bonds. The molecule has 0 aliphatic carbocycles. The van der Waals surface area contributed by atoms with Gasteiger partial charge in [0.25, 0.3) is 5.91 Å². The molecular weight excluding hydrogens is 350 g/mol. The van der Waals surface area contributed by atoms with E-state index in [1.807, 2.05) is 30.0 Å². The van der Waals surface area contributed by atoms with E-state index in [9.17, 15) is 9.59 Å². The Morgan fingerprint density at radius 3 is 2.71 bits per heavy atom. The van der Waals surface area contributed by atoms with Crippen molar-refractivity contribution in [1.82, 2.24) is 10.2 Å². The third-order valence-electron chi connectivity index (χ3n) is 5.83. The normalized spacial score (nSPS) is 19.6. The maximum absolute atomic E-state index is 13.2. The molecule has 1 N–H and O–H groups in total. The fourth-order valence-electron chi connectivity index (χ4n) is 4.28. The Balaban J connectivity index is 1.55. The van der Waals surface area contributed by atoms with E-state index in [0.717, 1.165) is 37.2 Å². The number of piperidine rings is 1. The fourth-order valence-corrected chi connectivity index (χ4v) is 4.28. The molecule has 0 saturated carbocycles. The van der Waals surface area contributed by atoms with Crippen LogP contribution >= 0.6 is 0 Å². The van der Waals surface area contributed by atoms with Crippen LogP contribution in [-0.4, -0.2) is 43.0 Å². The Hall–Kier alpha value is -2.82. The summed E-state index contributed by atoms with van der Waals surface area (Å²) in [5.41, 5.74) is 5.06. The summed E-state index contributed by atoms with van der Waals surface area (Å²) in [4.78, 5) is 29.0. The molecule has 2 fully saturated rings. The van der Waals surface area contributed by atoms with Gasteiger partial charge in [0.05, 0.1) is 0 Å². The predicted octanol–water partition coefficient (Wildman–Crippen LogP) is 3.85. The molecule has 1 atom stereocenters. The Morgan fingerprint density at radius 1 is 1.11 bits per heavy atom. The first kappa shape index (κ1) is 18.5. The standard InChI is InChI=1S/C23H27N3O2/c1-16-5-3-6-18(13-16)20-7-4-11-25(15-20)22(27)19-9-8-17(2)21(14-19)26-12-10-24-23(26)28/h3,5-6,8-9,13-14,20H,4,7,10-12,15H2,1-2H3,(H,24,28)/t20-/m0/s1. The van der Waals surface area contributed by atoms with Gasteiger partial charge in [-0.25, -0.2) is 4.79 Å². The summed E-state index contributed by atoms with van der Waals surface area (Å²) in [7, 11) is 0. The third-order valence-corrected chi connectivity index (χ3v) is 5.83. The van der Waals surface area contributed by atoms with Crippen molar-refractivity contribution in [3.8, 4) is 0 Å². The molecule has 0 bridgehead atoms. The molecule has 146 valence electrons. The monoisotopic (exact) mass is 377 g/mol. The number of carbonyl (C=O) groups excluding carboxylic acids is 2. The van der Waals surface area contributed by atoms with Crippen molar-refractivity contribution in [2.45, 2.75) is 32.6 Å². The van der Waals surface area contributed by atoms with E-state index in [0.29, 0.717) is 24.6 Å². The molecule has 0 aromatic heterocycles. The number of likely N-dealkylation sites (tertiary alicyclic amines) is 1. The van der Waals surface area contributed by atoms with E-state index in [1.165, 1.54) is 11.1 Å². The minimum Gasteiger partial charge on any atom is -0.338 e. The zero-order valence-corrected chi connectivity index (χ0v) is 16.6. The summed E-state index contributed by atoms with van der Waals surface area (Å²) < 4.78 is 0. The number of hydrogen-bond acceptors (Lipinski definition) is 2. The van der Waals surface area contributed by atoms with Crippen LogP contribution in [-0.2, 0) is 0 Å². The van der Waals surface area contributed by atoms with E-state index in [4.69, 9.17) is 0 Å². The first-order valence-corrected chi connectivity index (χ1v) is 10.0. The molecule has 0 spiro atoms. The predicted molar refractivity (Wildman–Crippen MR) is 111 cm³/mol. The summed E-state index contributed by atoms with van der Waals surface area (Å²) in [5, 5.41) is 2.83. The zero-order chi connectivity index (χ0) is 19.7. The summed E-state index contributed by atoms with van der Waals surface area (Å²) in [6, 6.07) is 14.2. The Bertz CT molecular complexity index is 908. The molecule has 4 rings (SSSR count). The van der Waals surface area contributed by atoms with Gasteiger partial charge >= 0.3 is 6.03 Å². The molecule has 2 aromatic carbocycles. The minimum atomic E-state index is -0.0924. The number of carbonyl (C=O) groups is 2. The van der Waals surface area contributed by atoms with Crippen LogP contribution in [0.25, 0.3) is 0 Å². The van der Waals surface area contributed by atoms with Crippen LogP contribution < -0.4 is 10.2 Å². The van der Waals surface area contributed by atoms with Crippen molar-refractivity contribution in [3.05, 3.63) is 64.7 Å². The lowest BCUT2D eigenvalue weighted by Crippen LogP contribution is -2.39. The lowest BCUT2D eigenvalue weighted by Gasteiger charge is -2.33. The molecule has 2 aliphatic rings. The summed E-state index contributed by atoms with van der Waals surface area (Å²) in [6.07, 6.45) is 2.12.